The van der Waals surface area contributed by atoms with Gasteiger partial charge in [0.1, 0.15) is 11.5 Å². The summed E-state index contributed by atoms with van der Waals surface area (Å²) in [5.41, 5.74) is 1.10. The first kappa shape index (κ1) is 16.2. The van der Waals surface area contributed by atoms with Gasteiger partial charge in [-0.3, -0.25) is 0 Å². The van der Waals surface area contributed by atoms with Gasteiger partial charge in [-0.1, -0.05) is 19.9 Å². The molecule has 1 aromatic rings. The van der Waals surface area contributed by atoms with E-state index in [-0.39, 0.29) is 6.04 Å². The molecule has 4 heteroatoms. The Kier molecular flexibility index (Phi) is 7.10. The van der Waals surface area contributed by atoms with Crippen molar-refractivity contribution in [2.75, 3.05) is 27.0 Å². The zero-order chi connectivity index (χ0) is 14.3. The molecule has 0 aliphatic carbocycles. The summed E-state index contributed by atoms with van der Waals surface area (Å²) in [6.45, 7) is 4.48. The minimum Gasteiger partial charge on any atom is -0.496 e. The molecule has 1 rings (SSSR count). The molecule has 2 atom stereocenters. The third-order valence-corrected chi connectivity index (χ3v) is 4.71. The summed E-state index contributed by atoms with van der Waals surface area (Å²) in [5, 5.41) is 4.03. The summed E-state index contributed by atoms with van der Waals surface area (Å²) in [6, 6.07) is 6.15. The second-order valence-corrected chi connectivity index (χ2v) is 5.94. The summed E-state index contributed by atoms with van der Waals surface area (Å²) < 4.78 is 10.9. The summed E-state index contributed by atoms with van der Waals surface area (Å²) in [7, 11) is 5.38. The highest BCUT2D eigenvalue weighted by Crippen LogP contribution is 2.36. The lowest BCUT2D eigenvalue weighted by Crippen LogP contribution is -2.21. The zero-order valence-electron chi connectivity index (χ0n) is 12.5. The number of rotatable bonds is 8. The number of methoxy groups -OCH3 is 2. The van der Waals surface area contributed by atoms with Crippen molar-refractivity contribution in [2.24, 2.45) is 0 Å². The largest absolute Gasteiger partial charge is 0.496 e. The molecule has 1 N–H and O–H groups in total. The highest BCUT2D eigenvalue weighted by atomic mass is 32.2. The molecule has 0 saturated heterocycles. The van der Waals surface area contributed by atoms with Crippen molar-refractivity contribution in [3.05, 3.63) is 23.8 Å². The minimum atomic E-state index is 0.227. The van der Waals surface area contributed by atoms with Crippen LogP contribution >= 0.6 is 11.8 Å². The maximum Gasteiger partial charge on any atom is 0.127 e. The molecule has 0 saturated carbocycles. The molecular weight excluding hydrogens is 258 g/mol. The Morgan fingerprint density at radius 1 is 1.21 bits per heavy atom. The van der Waals surface area contributed by atoms with E-state index >= 15 is 0 Å². The van der Waals surface area contributed by atoms with Gasteiger partial charge >= 0.3 is 0 Å². The van der Waals surface area contributed by atoms with E-state index in [9.17, 15) is 0 Å². The standard InChI is InChI=1S/C15H25NO2S/c1-6-11(2)19-10-12(16-3)15-13(17-4)8-7-9-14(15)18-5/h7-9,11-12,16H,6,10H2,1-5H3. The van der Waals surface area contributed by atoms with Gasteiger partial charge in [-0.2, -0.15) is 11.8 Å². The van der Waals surface area contributed by atoms with Crippen molar-refractivity contribution in [1.29, 1.82) is 0 Å². The fraction of sp³-hybridized carbons (Fsp3) is 0.600. The fourth-order valence-electron chi connectivity index (χ4n) is 1.91. The fourth-order valence-corrected chi connectivity index (χ4v) is 3.00. The molecule has 0 aromatic heterocycles. The van der Waals surface area contributed by atoms with Crippen LogP contribution in [0, 0.1) is 0 Å². The third-order valence-electron chi connectivity index (χ3n) is 3.29. The first-order valence-corrected chi connectivity index (χ1v) is 7.72. The van der Waals surface area contributed by atoms with Crippen molar-refractivity contribution in [3.8, 4) is 11.5 Å². The highest BCUT2D eigenvalue weighted by molar-refractivity contribution is 7.99. The van der Waals surface area contributed by atoms with Gasteiger partial charge in [0.2, 0.25) is 0 Å². The maximum atomic E-state index is 5.47. The molecule has 0 heterocycles. The molecule has 1 aromatic carbocycles. The van der Waals surface area contributed by atoms with Gasteiger partial charge in [0.05, 0.1) is 19.8 Å². The summed E-state index contributed by atoms with van der Waals surface area (Å²) >= 11 is 1.97. The second kappa shape index (κ2) is 8.33. The van der Waals surface area contributed by atoms with E-state index in [0.717, 1.165) is 22.8 Å². The summed E-state index contributed by atoms with van der Waals surface area (Å²) in [5.74, 6) is 2.76. The van der Waals surface area contributed by atoms with Gasteiger partial charge in [0.15, 0.2) is 0 Å². The quantitative estimate of drug-likeness (QED) is 0.791. The molecule has 0 aliphatic heterocycles. The van der Waals surface area contributed by atoms with Crippen molar-refractivity contribution in [1.82, 2.24) is 5.32 Å². The highest BCUT2D eigenvalue weighted by Gasteiger charge is 2.20. The van der Waals surface area contributed by atoms with E-state index in [1.807, 2.05) is 37.0 Å². The van der Waals surface area contributed by atoms with Crippen molar-refractivity contribution < 1.29 is 9.47 Å². The van der Waals surface area contributed by atoms with Gasteiger partial charge in [0.25, 0.3) is 0 Å². The first-order valence-electron chi connectivity index (χ1n) is 6.67. The average molecular weight is 283 g/mol. The number of nitrogens with one attached hydrogen (secondary N) is 1. The minimum absolute atomic E-state index is 0.227. The van der Waals surface area contributed by atoms with Crippen LogP contribution in [0.4, 0.5) is 0 Å². The molecular formula is C15H25NO2S. The zero-order valence-corrected chi connectivity index (χ0v) is 13.3. The van der Waals surface area contributed by atoms with Gasteiger partial charge < -0.3 is 14.8 Å². The van der Waals surface area contributed by atoms with Gasteiger partial charge in [-0.15, -0.1) is 0 Å². The van der Waals surface area contributed by atoms with Gasteiger partial charge in [-0.05, 0) is 25.6 Å². The van der Waals surface area contributed by atoms with Crippen LogP contribution in [0.2, 0.25) is 0 Å². The van der Waals surface area contributed by atoms with Crippen LogP contribution in [0.1, 0.15) is 31.9 Å². The lowest BCUT2D eigenvalue weighted by atomic mass is 10.1. The third kappa shape index (κ3) is 4.32. The Morgan fingerprint density at radius 2 is 1.79 bits per heavy atom. The molecule has 19 heavy (non-hydrogen) atoms. The number of benzene rings is 1. The lowest BCUT2D eigenvalue weighted by Gasteiger charge is -2.22. The lowest BCUT2D eigenvalue weighted by molar-refractivity contribution is 0.377. The molecule has 0 amide bonds. The predicted molar refractivity (Wildman–Crippen MR) is 83.6 cm³/mol. The number of hydrogen-bond donors (Lipinski definition) is 1. The van der Waals surface area contributed by atoms with Crippen LogP contribution in [0.25, 0.3) is 0 Å². The molecule has 108 valence electrons. The molecule has 0 aliphatic rings. The van der Waals surface area contributed by atoms with Crippen LogP contribution in [0.5, 0.6) is 11.5 Å². The van der Waals surface area contributed by atoms with Gasteiger partial charge in [-0.25, -0.2) is 0 Å². The van der Waals surface area contributed by atoms with E-state index in [2.05, 4.69) is 19.2 Å². The van der Waals surface area contributed by atoms with E-state index in [0.29, 0.717) is 5.25 Å². The normalized spacial score (nSPS) is 13.9. The smallest absolute Gasteiger partial charge is 0.127 e. The molecule has 0 spiro atoms. The monoisotopic (exact) mass is 283 g/mol. The van der Waals surface area contributed by atoms with Gasteiger partial charge in [0, 0.05) is 17.0 Å². The Morgan fingerprint density at radius 3 is 2.21 bits per heavy atom. The Hall–Kier alpha value is -0.870. The van der Waals surface area contributed by atoms with Crippen LogP contribution < -0.4 is 14.8 Å². The average Bonchev–Trinajstić information content (AvgIpc) is 2.47. The SMILES string of the molecule is CCC(C)SCC(NC)c1c(OC)cccc1OC. The van der Waals surface area contributed by atoms with Crippen LogP contribution in [0.15, 0.2) is 18.2 Å². The number of ether oxygens (including phenoxy) is 2. The van der Waals surface area contributed by atoms with E-state index in [1.54, 1.807) is 14.2 Å². The molecule has 2 unspecified atom stereocenters. The molecule has 0 radical (unpaired) electrons. The topological polar surface area (TPSA) is 30.5 Å². The van der Waals surface area contributed by atoms with Crippen LogP contribution in [0.3, 0.4) is 0 Å². The molecule has 0 fully saturated rings. The Balaban J connectivity index is 2.95. The number of hydrogen-bond acceptors (Lipinski definition) is 4. The van der Waals surface area contributed by atoms with Crippen molar-refractivity contribution in [2.45, 2.75) is 31.6 Å². The van der Waals surface area contributed by atoms with Crippen LogP contribution in [-0.2, 0) is 0 Å². The second-order valence-electron chi connectivity index (χ2n) is 4.47. The molecule has 3 nitrogen and oxygen atoms in total. The maximum absolute atomic E-state index is 5.47. The Labute approximate surface area is 121 Å². The van der Waals surface area contributed by atoms with Crippen molar-refractivity contribution in [3.63, 3.8) is 0 Å². The predicted octanol–water partition coefficient (Wildman–Crippen LogP) is 3.50. The van der Waals surface area contributed by atoms with Crippen molar-refractivity contribution >= 4 is 11.8 Å². The van der Waals surface area contributed by atoms with Crippen LogP contribution in [-0.4, -0.2) is 32.3 Å². The first-order chi connectivity index (χ1) is 9.17. The number of thioether (sulfide) groups is 1. The Bertz CT molecular complexity index is 362. The van der Waals surface area contributed by atoms with E-state index in [4.69, 9.17) is 9.47 Å². The summed E-state index contributed by atoms with van der Waals surface area (Å²) in [6.07, 6.45) is 1.18. The molecule has 0 bridgehead atoms. The van der Waals surface area contributed by atoms with E-state index in [1.165, 1.54) is 6.42 Å². The van der Waals surface area contributed by atoms with E-state index < -0.39 is 0 Å². The summed E-state index contributed by atoms with van der Waals surface area (Å²) in [4.78, 5) is 0.